The molecule has 0 rings (SSSR count). The van der Waals surface area contributed by atoms with Crippen molar-refractivity contribution < 1.29 is 0 Å². The quantitative estimate of drug-likeness (QED) is 0.605. The molecular weight excluding hydrogens is 297 g/mol. The van der Waals surface area contributed by atoms with E-state index in [2.05, 4.69) is 46.4 Å². The van der Waals surface area contributed by atoms with E-state index in [-0.39, 0.29) is 0 Å². The minimum absolute atomic E-state index is 0.710. The van der Waals surface area contributed by atoms with Gasteiger partial charge in [0, 0.05) is 0 Å². The van der Waals surface area contributed by atoms with Gasteiger partial charge in [-0.25, -0.2) is 0 Å². The molecule has 0 aromatic carbocycles. The van der Waals surface area contributed by atoms with Crippen LogP contribution >= 0.6 is 0 Å². The van der Waals surface area contributed by atoms with Crippen LogP contribution in [0.2, 0.25) is 12.5 Å². The Morgan fingerprint density at radius 2 is 1.50 bits per heavy atom. The summed E-state index contributed by atoms with van der Waals surface area (Å²) < 4.78 is 4.82. The predicted octanol–water partition coefficient (Wildman–Crippen LogP) is 4.42. The predicted molar refractivity (Wildman–Crippen MR) is 77.7 cm³/mol. The molecule has 0 fully saturated rings. The molecular formula is C14H32InN. The van der Waals surface area contributed by atoms with E-state index in [0.29, 0.717) is 12.1 Å². The second kappa shape index (κ2) is 9.82. The first-order valence-corrected chi connectivity index (χ1v) is 14.3. The van der Waals surface area contributed by atoms with Crippen molar-refractivity contribution in [3.63, 3.8) is 0 Å². The molecule has 0 unspecified atom stereocenters. The van der Waals surface area contributed by atoms with Crippen LogP contribution in [0.25, 0.3) is 0 Å². The average Bonchev–Trinajstić information content (AvgIpc) is 2.21. The standard InChI is InChI=1S/C9H20N.C3H7.C2H5.In/c1-6-7-10(8(2)3)9(4)5;1-3-2;1-2;/h8-9H,1,6-7H2,2-5H3;1,3H2,2H3;1H2,2H3;. The van der Waals surface area contributed by atoms with E-state index in [1.54, 1.807) is 12.5 Å². The normalized spacial score (nSPS) is 11.8. The third-order valence-electron chi connectivity index (χ3n) is 3.63. The Bertz CT molecular complexity index is 149. The number of hydrogen-bond donors (Lipinski definition) is 0. The molecule has 0 amide bonds. The molecule has 2 heteroatoms. The summed E-state index contributed by atoms with van der Waals surface area (Å²) in [5.74, 6) is 0. The Kier molecular flexibility index (Phi) is 10.3. The Morgan fingerprint density at radius 3 is 1.88 bits per heavy atom. The van der Waals surface area contributed by atoms with Crippen molar-refractivity contribution in [3.05, 3.63) is 0 Å². The Labute approximate surface area is 112 Å². The number of rotatable bonds is 9. The van der Waals surface area contributed by atoms with E-state index >= 15 is 0 Å². The van der Waals surface area contributed by atoms with Gasteiger partial charge >= 0.3 is 112 Å². The summed E-state index contributed by atoms with van der Waals surface area (Å²) >= 11 is -1.04. The van der Waals surface area contributed by atoms with E-state index in [1.165, 1.54) is 19.4 Å². The van der Waals surface area contributed by atoms with Gasteiger partial charge in [0.05, 0.1) is 0 Å². The van der Waals surface area contributed by atoms with Crippen LogP contribution in [0.15, 0.2) is 0 Å². The molecule has 0 aliphatic heterocycles. The minimum atomic E-state index is -1.04. The van der Waals surface area contributed by atoms with E-state index in [4.69, 9.17) is 0 Å². The molecule has 0 aromatic heterocycles. The molecule has 96 valence electrons. The van der Waals surface area contributed by atoms with E-state index in [1.807, 2.05) is 0 Å². The van der Waals surface area contributed by atoms with Gasteiger partial charge in [-0.15, -0.1) is 0 Å². The van der Waals surface area contributed by atoms with Crippen molar-refractivity contribution in [1.82, 2.24) is 4.90 Å². The molecule has 16 heavy (non-hydrogen) atoms. The number of hydrogen-bond acceptors (Lipinski definition) is 1. The summed E-state index contributed by atoms with van der Waals surface area (Å²) in [6, 6.07) is 1.42. The molecule has 0 radical (unpaired) electrons. The first-order valence-electron chi connectivity index (χ1n) is 7.28. The zero-order valence-electron chi connectivity index (χ0n) is 12.4. The van der Waals surface area contributed by atoms with Crippen molar-refractivity contribution >= 4 is 21.4 Å². The van der Waals surface area contributed by atoms with Crippen LogP contribution in [-0.2, 0) is 0 Å². The SMILES string of the molecule is CC[CH2][In]([CH2]C)[CH2]CCN(C(C)C)C(C)C. The van der Waals surface area contributed by atoms with Crippen molar-refractivity contribution in [2.24, 2.45) is 0 Å². The second-order valence-corrected chi connectivity index (χ2v) is 16.2. The number of nitrogens with zero attached hydrogens (tertiary/aromatic N) is 1. The maximum absolute atomic E-state index is 2.64. The average molecular weight is 329 g/mol. The first-order chi connectivity index (χ1) is 7.52. The summed E-state index contributed by atoms with van der Waals surface area (Å²) in [7, 11) is 0. The third kappa shape index (κ3) is 7.21. The van der Waals surface area contributed by atoms with Crippen molar-refractivity contribution in [3.8, 4) is 0 Å². The first kappa shape index (κ1) is 16.8. The summed E-state index contributed by atoms with van der Waals surface area (Å²) in [5, 5.41) is 0. The summed E-state index contributed by atoms with van der Waals surface area (Å²) in [6.45, 7) is 15.4. The fourth-order valence-electron chi connectivity index (χ4n) is 2.64. The van der Waals surface area contributed by atoms with E-state index in [9.17, 15) is 0 Å². The summed E-state index contributed by atoms with van der Waals surface area (Å²) in [5.41, 5.74) is 0. The molecule has 0 spiro atoms. The summed E-state index contributed by atoms with van der Waals surface area (Å²) in [6.07, 6.45) is 2.90. The topological polar surface area (TPSA) is 3.24 Å². The maximum atomic E-state index is 2.64. The molecule has 0 bridgehead atoms. The van der Waals surface area contributed by atoms with Crippen LogP contribution < -0.4 is 0 Å². The monoisotopic (exact) mass is 329 g/mol. The van der Waals surface area contributed by atoms with Crippen LogP contribution in [-0.4, -0.2) is 45.0 Å². The van der Waals surface area contributed by atoms with Gasteiger partial charge in [-0.1, -0.05) is 0 Å². The van der Waals surface area contributed by atoms with Gasteiger partial charge in [0.2, 0.25) is 0 Å². The zero-order valence-corrected chi connectivity index (χ0v) is 15.7. The molecule has 0 saturated carbocycles. The summed E-state index contributed by atoms with van der Waals surface area (Å²) in [4.78, 5) is 2.64. The Morgan fingerprint density at radius 1 is 0.938 bits per heavy atom. The van der Waals surface area contributed by atoms with Gasteiger partial charge in [-0.3, -0.25) is 0 Å². The van der Waals surface area contributed by atoms with Gasteiger partial charge in [0.15, 0.2) is 0 Å². The molecule has 0 aliphatic carbocycles. The van der Waals surface area contributed by atoms with Gasteiger partial charge in [-0.05, 0) is 0 Å². The van der Waals surface area contributed by atoms with Crippen LogP contribution in [0.4, 0.5) is 0 Å². The van der Waals surface area contributed by atoms with Crippen molar-refractivity contribution in [2.75, 3.05) is 6.54 Å². The second-order valence-electron chi connectivity index (χ2n) is 5.63. The molecule has 0 aliphatic rings. The Hall–Kier alpha value is 0.830. The van der Waals surface area contributed by atoms with Gasteiger partial charge in [0.25, 0.3) is 0 Å². The van der Waals surface area contributed by atoms with Crippen LogP contribution in [0, 0.1) is 0 Å². The van der Waals surface area contributed by atoms with Crippen LogP contribution in [0.3, 0.4) is 0 Å². The van der Waals surface area contributed by atoms with Crippen LogP contribution in [0.1, 0.15) is 54.4 Å². The molecule has 1 nitrogen and oxygen atoms in total. The third-order valence-corrected chi connectivity index (χ3v) is 14.4. The van der Waals surface area contributed by atoms with E-state index in [0.717, 1.165) is 0 Å². The van der Waals surface area contributed by atoms with Gasteiger partial charge in [0.1, 0.15) is 0 Å². The van der Waals surface area contributed by atoms with Crippen molar-refractivity contribution in [2.45, 2.75) is 79.0 Å². The fourth-order valence-corrected chi connectivity index (χ4v) is 10.3. The fraction of sp³-hybridized carbons (Fsp3) is 1.00. The molecule has 0 N–H and O–H groups in total. The Balaban J connectivity index is 3.84. The molecule has 0 atom stereocenters. The van der Waals surface area contributed by atoms with E-state index < -0.39 is 21.4 Å². The van der Waals surface area contributed by atoms with Gasteiger partial charge < -0.3 is 0 Å². The zero-order chi connectivity index (χ0) is 12.6. The van der Waals surface area contributed by atoms with Gasteiger partial charge in [-0.2, -0.15) is 0 Å². The molecule has 0 heterocycles. The molecule has 0 aromatic rings. The van der Waals surface area contributed by atoms with Crippen LogP contribution in [0.5, 0.6) is 0 Å². The van der Waals surface area contributed by atoms with Crippen molar-refractivity contribution in [1.29, 1.82) is 0 Å². The molecule has 0 saturated heterocycles.